The number of carbonyl (C=O) groups is 3. The summed E-state index contributed by atoms with van der Waals surface area (Å²) in [7, 11) is 0. The maximum Gasteiger partial charge on any atom is 0.306 e. The zero-order valence-corrected chi connectivity index (χ0v) is 50.9. The van der Waals surface area contributed by atoms with Crippen LogP contribution in [0.5, 0.6) is 0 Å². The summed E-state index contributed by atoms with van der Waals surface area (Å²) in [4.78, 5) is 38.3. The van der Waals surface area contributed by atoms with Gasteiger partial charge in [-0.15, -0.1) is 0 Å². The minimum Gasteiger partial charge on any atom is -0.462 e. The van der Waals surface area contributed by atoms with Crippen LogP contribution >= 0.6 is 0 Å². The van der Waals surface area contributed by atoms with Gasteiger partial charge in [0, 0.05) is 19.3 Å². The number of esters is 3. The van der Waals surface area contributed by atoms with Crippen molar-refractivity contribution in [1.29, 1.82) is 0 Å². The van der Waals surface area contributed by atoms with E-state index in [4.69, 9.17) is 14.2 Å². The molecule has 6 nitrogen and oxygen atoms in total. The lowest BCUT2D eigenvalue weighted by molar-refractivity contribution is -0.167. The molecule has 0 aliphatic carbocycles. The first-order valence-electron chi connectivity index (χ1n) is 32.5. The van der Waals surface area contributed by atoms with Gasteiger partial charge in [-0.1, -0.05) is 290 Å². The van der Waals surface area contributed by atoms with E-state index >= 15 is 0 Å². The van der Waals surface area contributed by atoms with Crippen LogP contribution < -0.4 is 0 Å². The first-order valence-corrected chi connectivity index (χ1v) is 32.5. The molecule has 0 aromatic carbocycles. The van der Waals surface area contributed by atoms with Crippen LogP contribution in [0.25, 0.3) is 0 Å². The molecule has 0 heterocycles. The molecule has 0 aromatic rings. The minimum atomic E-state index is -0.797. The van der Waals surface area contributed by atoms with Gasteiger partial charge in [-0.2, -0.15) is 0 Å². The largest absolute Gasteiger partial charge is 0.462 e. The van der Waals surface area contributed by atoms with E-state index in [1.54, 1.807) is 0 Å². The fourth-order valence-electron chi connectivity index (χ4n) is 8.83. The summed E-state index contributed by atoms with van der Waals surface area (Å²) in [6.45, 7) is 6.47. The summed E-state index contributed by atoms with van der Waals surface area (Å²) in [5.74, 6) is -0.924. The third-order valence-corrected chi connectivity index (χ3v) is 13.7. The van der Waals surface area contributed by atoms with E-state index in [-0.39, 0.29) is 31.1 Å². The van der Waals surface area contributed by atoms with Gasteiger partial charge in [-0.05, 0) is 109 Å². The molecule has 0 N–H and O–H groups in total. The summed E-state index contributed by atoms with van der Waals surface area (Å²) < 4.78 is 16.9. The Morgan fingerprint density at radius 3 is 0.821 bits per heavy atom. The Labute approximate surface area is 482 Å². The molecule has 1 atom stereocenters. The Kier molecular flexibility index (Phi) is 61.8. The van der Waals surface area contributed by atoms with Crippen molar-refractivity contribution in [2.24, 2.45) is 0 Å². The van der Waals surface area contributed by atoms with Crippen LogP contribution in [0.1, 0.15) is 297 Å². The zero-order valence-electron chi connectivity index (χ0n) is 50.9. The molecule has 0 amide bonds. The van der Waals surface area contributed by atoms with E-state index < -0.39 is 6.10 Å². The number of unbranched alkanes of at least 4 members (excludes halogenated alkanes) is 27. The summed E-state index contributed by atoms with van der Waals surface area (Å²) in [6, 6.07) is 0. The summed E-state index contributed by atoms with van der Waals surface area (Å²) in [5.41, 5.74) is 0. The molecule has 78 heavy (non-hydrogen) atoms. The molecule has 444 valence electrons. The van der Waals surface area contributed by atoms with Crippen molar-refractivity contribution in [3.8, 4) is 0 Å². The normalized spacial score (nSPS) is 12.9. The molecule has 0 radical (unpaired) electrons. The number of ether oxygens (including phenoxy) is 3. The standard InChI is InChI=1S/C72H120O6/c1-4-7-10-13-16-19-22-25-28-30-31-32-33-34-35-36-37-38-39-40-41-43-44-47-50-53-56-59-62-65-71(74)77-68-69(67-76-70(73)64-61-58-55-52-49-46-27-24-21-18-15-12-9-6-3)78-72(75)66-63-60-57-54-51-48-45-42-29-26-23-20-17-14-11-8-5-2/h7,10,15-16,18-19,24-25,27-28,31-32,34-35,37-38,40-41,44,47,69H,4-6,8-9,11-14,17,20-23,26,29-30,33,36,39,42-43,45-46,48-68H2,1-3H3/b10-7-,18-15-,19-16-,27-24-,28-25-,32-31-,35-34-,38-37-,41-40-,47-44-. The third kappa shape index (κ3) is 62.7. The van der Waals surface area contributed by atoms with Gasteiger partial charge in [0.25, 0.3) is 0 Å². The Balaban J connectivity index is 4.39. The molecule has 0 fully saturated rings. The maximum absolute atomic E-state index is 12.9. The van der Waals surface area contributed by atoms with Gasteiger partial charge in [-0.3, -0.25) is 14.4 Å². The third-order valence-electron chi connectivity index (χ3n) is 13.7. The predicted octanol–water partition coefficient (Wildman–Crippen LogP) is 22.4. The van der Waals surface area contributed by atoms with Crippen molar-refractivity contribution in [2.45, 2.75) is 303 Å². The lowest BCUT2D eigenvalue weighted by Gasteiger charge is -2.18. The van der Waals surface area contributed by atoms with E-state index in [1.165, 1.54) is 109 Å². The fourth-order valence-corrected chi connectivity index (χ4v) is 8.83. The van der Waals surface area contributed by atoms with Gasteiger partial charge in [0.2, 0.25) is 0 Å². The lowest BCUT2D eigenvalue weighted by atomic mass is 10.0. The minimum absolute atomic E-state index is 0.0934. The van der Waals surface area contributed by atoms with Crippen molar-refractivity contribution in [3.63, 3.8) is 0 Å². The van der Waals surface area contributed by atoms with Gasteiger partial charge in [0.05, 0.1) is 0 Å². The van der Waals surface area contributed by atoms with Crippen LogP contribution in [-0.2, 0) is 28.6 Å². The summed E-state index contributed by atoms with van der Waals surface area (Å²) in [5, 5.41) is 0. The summed E-state index contributed by atoms with van der Waals surface area (Å²) in [6.07, 6.45) is 90.6. The van der Waals surface area contributed by atoms with Crippen molar-refractivity contribution in [3.05, 3.63) is 122 Å². The highest BCUT2D eigenvalue weighted by atomic mass is 16.6. The maximum atomic E-state index is 12.9. The highest BCUT2D eigenvalue weighted by Gasteiger charge is 2.19. The van der Waals surface area contributed by atoms with Crippen LogP contribution in [0.2, 0.25) is 0 Å². The second kappa shape index (κ2) is 65.3. The number of hydrogen-bond donors (Lipinski definition) is 0. The topological polar surface area (TPSA) is 78.9 Å². The molecule has 0 rings (SSSR count). The molecule has 1 unspecified atom stereocenters. The second-order valence-electron chi connectivity index (χ2n) is 21.3. The average molecular weight is 1080 g/mol. The van der Waals surface area contributed by atoms with E-state index in [0.29, 0.717) is 19.3 Å². The van der Waals surface area contributed by atoms with Crippen molar-refractivity contribution in [1.82, 2.24) is 0 Å². The number of carbonyl (C=O) groups excluding carboxylic acids is 3. The first-order chi connectivity index (χ1) is 38.5. The Hall–Kier alpha value is -4.19. The van der Waals surface area contributed by atoms with Gasteiger partial charge in [0.15, 0.2) is 6.10 Å². The Morgan fingerprint density at radius 2 is 0.513 bits per heavy atom. The monoisotopic (exact) mass is 1080 g/mol. The molecule has 0 saturated heterocycles. The highest BCUT2D eigenvalue weighted by molar-refractivity contribution is 5.71. The number of hydrogen-bond acceptors (Lipinski definition) is 6. The van der Waals surface area contributed by atoms with Gasteiger partial charge in [0.1, 0.15) is 13.2 Å². The van der Waals surface area contributed by atoms with E-state index in [2.05, 4.69) is 142 Å². The molecule has 0 saturated carbocycles. The molecular weight excluding hydrogens is 961 g/mol. The van der Waals surface area contributed by atoms with E-state index in [1.807, 2.05) is 0 Å². The predicted molar refractivity (Wildman–Crippen MR) is 339 cm³/mol. The van der Waals surface area contributed by atoms with Crippen LogP contribution in [-0.4, -0.2) is 37.2 Å². The molecule has 0 spiro atoms. The smallest absolute Gasteiger partial charge is 0.306 e. The molecule has 0 bridgehead atoms. The first kappa shape index (κ1) is 73.8. The summed E-state index contributed by atoms with van der Waals surface area (Å²) >= 11 is 0. The zero-order chi connectivity index (χ0) is 56.4. The fraction of sp³-hybridized carbons (Fsp3) is 0.681. The van der Waals surface area contributed by atoms with Crippen LogP contribution in [0.3, 0.4) is 0 Å². The van der Waals surface area contributed by atoms with Crippen LogP contribution in [0, 0.1) is 0 Å². The Bertz CT molecular complexity index is 1620. The van der Waals surface area contributed by atoms with Crippen molar-refractivity contribution >= 4 is 17.9 Å². The van der Waals surface area contributed by atoms with E-state index in [9.17, 15) is 14.4 Å². The quantitative estimate of drug-likeness (QED) is 0.0261. The van der Waals surface area contributed by atoms with Crippen LogP contribution in [0.15, 0.2) is 122 Å². The lowest BCUT2D eigenvalue weighted by Crippen LogP contribution is -2.30. The number of rotatable bonds is 58. The Morgan fingerprint density at radius 1 is 0.269 bits per heavy atom. The molecular formula is C72H120O6. The highest BCUT2D eigenvalue weighted by Crippen LogP contribution is 2.16. The SMILES string of the molecule is CC/C=C\C/C=C\C/C=C\C/C=C\C/C=C\C/C=C\C/C=C\C/C=C\CCCCCCC(=O)OCC(COC(=O)CCCCCCC/C=C\C/C=C\CCCC)OC(=O)CCCCCCCCCCCCCCCCCCC. The average Bonchev–Trinajstić information content (AvgIpc) is 3.44. The van der Waals surface area contributed by atoms with Crippen molar-refractivity contribution < 1.29 is 28.6 Å². The molecule has 0 aromatic heterocycles. The molecule has 0 aliphatic heterocycles. The van der Waals surface area contributed by atoms with Crippen molar-refractivity contribution in [2.75, 3.05) is 13.2 Å². The van der Waals surface area contributed by atoms with Gasteiger partial charge in [-0.25, -0.2) is 0 Å². The number of allylic oxidation sites excluding steroid dienone is 20. The van der Waals surface area contributed by atoms with E-state index in [0.717, 1.165) is 148 Å². The van der Waals surface area contributed by atoms with Gasteiger partial charge >= 0.3 is 17.9 Å². The van der Waals surface area contributed by atoms with Crippen LogP contribution in [0.4, 0.5) is 0 Å². The molecule has 6 heteroatoms. The second-order valence-corrected chi connectivity index (χ2v) is 21.3. The molecule has 0 aliphatic rings. The van der Waals surface area contributed by atoms with Gasteiger partial charge < -0.3 is 14.2 Å².